The molecule has 1 aromatic heterocycles. The van der Waals surface area contributed by atoms with E-state index in [9.17, 15) is 13.2 Å². The number of carbonyl (C=O) groups is 1. The minimum Gasteiger partial charge on any atom is -0.497 e. The molecule has 1 aliphatic rings. The monoisotopic (exact) mass is 581 g/mol. The number of nitrogens with zero attached hydrogens (tertiary/aromatic N) is 6. The van der Waals surface area contributed by atoms with Crippen LogP contribution in [0.25, 0.3) is 10.2 Å². The van der Waals surface area contributed by atoms with Crippen LogP contribution >= 0.6 is 11.3 Å². The summed E-state index contributed by atoms with van der Waals surface area (Å²) < 4.78 is 33.4. The van der Waals surface area contributed by atoms with Crippen molar-refractivity contribution in [3.8, 4) is 17.9 Å². The second-order valence-corrected chi connectivity index (χ2v) is 12.1. The van der Waals surface area contributed by atoms with Crippen molar-refractivity contribution in [2.45, 2.75) is 17.7 Å². The topological polar surface area (TPSA) is 143 Å². The number of nitriles is 2. The van der Waals surface area contributed by atoms with Gasteiger partial charge in [-0.2, -0.15) is 14.8 Å². The van der Waals surface area contributed by atoms with E-state index in [-0.39, 0.29) is 36.7 Å². The Kier molecular flexibility index (Phi) is 9.90. The number of sulfonamides is 1. The average molecular weight is 582 g/mol. The highest BCUT2D eigenvalue weighted by molar-refractivity contribution is 7.89. The predicted octanol–water partition coefficient (Wildman–Crippen LogP) is 2.67. The largest absolute Gasteiger partial charge is 0.497 e. The van der Waals surface area contributed by atoms with E-state index in [2.05, 4.69) is 15.1 Å². The molecule has 13 heteroatoms. The molecule has 0 bridgehead atoms. The van der Waals surface area contributed by atoms with Gasteiger partial charge in [-0.25, -0.2) is 13.4 Å². The van der Waals surface area contributed by atoms with Crippen molar-refractivity contribution < 1.29 is 17.9 Å². The molecule has 0 aliphatic carbocycles. The van der Waals surface area contributed by atoms with Crippen LogP contribution in [0.1, 0.15) is 23.2 Å². The lowest BCUT2D eigenvalue weighted by molar-refractivity contribution is 0.0947. The molecular formula is C27H31N7O4S2. The molecule has 3 aromatic rings. The van der Waals surface area contributed by atoms with Crippen molar-refractivity contribution in [1.29, 1.82) is 10.5 Å². The quantitative estimate of drug-likeness (QED) is 0.341. The van der Waals surface area contributed by atoms with Gasteiger partial charge in [0.2, 0.25) is 10.0 Å². The van der Waals surface area contributed by atoms with Crippen molar-refractivity contribution in [2.75, 3.05) is 64.4 Å². The summed E-state index contributed by atoms with van der Waals surface area (Å²) in [6.07, 6.45) is 0.0512. The first-order valence-electron chi connectivity index (χ1n) is 12.9. The van der Waals surface area contributed by atoms with Crippen LogP contribution in [0.2, 0.25) is 0 Å². The number of ether oxygens (including phenoxy) is 1. The van der Waals surface area contributed by atoms with E-state index >= 15 is 0 Å². The third-order valence-corrected chi connectivity index (χ3v) is 9.63. The number of rotatable bonds is 12. The first-order valence-corrected chi connectivity index (χ1v) is 15.2. The molecule has 0 radical (unpaired) electrons. The predicted molar refractivity (Wildman–Crippen MR) is 153 cm³/mol. The summed E-state index contributed by atoms with van der Waals surface area (Å²) in [4.78, 5) is 22.0. The van der Waals surface area contributed by atoms with Gasteiger partial charge in [-0.15, -0.1) is 0 Å². The number of hydrogen-bond acceptors (Lipinski definition) is 10. The van der Waals surface area contributed by atoms with Gasteiger partial charge in [0.1, 0.15) is 5.75 Å². The summed E-state index contributed by atoms with van der Waals surface area (Å²) in [5, 5.41) is 21.6. The maximum Gasteiger partial charge on any atom is 0.251 e. The Hall–Kier alpha value is -3.75. The van der Waals surface area contributed by atoms with Crippen molar-refractivity contribution in [3.05, 3.63) is 48.0 Å². The Morgan fingerprint density at radius 1 is 1.07 bits per heavy atom. The lowest BCUT2D eigenvalue weighted by atomic mass is 10.2. The fourth-order valence-corrected chi connectivity index (χ4v) is 6.86. The number of benzene rings is 2. The Bertz CT molecular complexity index is 1480. The van der Waals surface area contributed by atoms with E-state index in [1.165, 1.54) is 24.3 Å². The van der Waals surface area contributed by atoms with Crippen LogP contribution in [0.15, 0.2) is 47.4 Å². The van der Waals surface area contributed by atoms with E-state index < -0.39 is 10.0 Å². The van der Waals surface area contributed by atoms with Crippen molar-refractivity contribution >= 4 is 42.6 Å². The van der Waals surface area contributed by atoms with Gasteiger partial charge in [-0.1, -0.05) is 11.3 Å². The van der Waals surface area contributed by atoms with Crippen LogP contribution in [-0.2, 0) is 10.0 Å². The number of piperazine rings is 1. The normalized spacial score (nSPS) is 14.2. The van der Waals surface area contributed by atoms with Gasteiger partial charge in [-0.05, 0) is 42.5 Å². The van der Waals surface area contributed by atoms with Gasteiger partial charge in [0, 0.05) is 70.8 Å². The second-order valence-electron chi connectivity index (χ2n) is 9.16. The van der Waals surface area contributed by atoms with Crippen LogP contribution in [0.5, 0.6) is 5.75 Å². The fraction of sp³-hybridized carbons (Fsp3) is 0.407. The second kappa shape index (κ2) is 13.5. The fourth-order valence-electron chi connectivity index (χ4n) is 4.38. The molecule has 0 saturated carbocycles. The maximum absolute atomic E-state index is 12.9. The minimum absolute atomic E-state index is 0.00678. The van der Waals surface area contributed by atoms with E-state index in [4.69, 9.17) is 20.2 Å². The number of hydrogen-bond donors (Lipinski definition) is 1. The van der Waals surface area contributed by atoms with Gasteiger partial charge in [-0.3, -0.25) is 9.69 Å². The van der Waals surface area contributed by atoms with Crippen LogP contribution in [0.3, 0.4) is 0 Å². The number of aromatic nitrogens is 1. The molecule has 40 heavy (non-hydrogen) atoms. The number of nitrogens with one attached hydrogen (secondary N) is 1. The Balaban J connectivity index is 1.25. The van der Waals surface area contributed by atoms with Crippen molar-refractivity contribution in [1.82, 2.24) is 19.5 Å². The number of thiazole rings is 1. The zero-order valence-electron chi connectivity index (χ0n) is 22.2. The number of methoxy groups -OCH3 is 1. The molecule has 4 rings (SSSR count). The molecule has 11 nitrogen and oxygen atoms in total. The number of fused-ring (bicyclic) bond motifs is 1. The summed E-state index contributed by atoms with van der Waals surface area (Å²) in [7, 11) is -2.22. The number of carbonyl (C=O) groups excluding carboxylic acids is 1. The van der Waals surface area contributed by atoms with Crippen LogP contribution in [0, 0.1) is 22.7 Å². The maximum atomic E-state index is 12.9. The SMILES string of the molecule is COc1ccc2nc(N3CCN(CCNC(=O)c4ccc(S(=O)(=O)N(CCC#N)CCC#N)cc4)CC3)sc2c1. The van der Waals surface area contributed by atoms with E-state index in [1.54, 1.807) is 18.4 Å². The third kappa shape index (κ3) is 7.06. The first-order chi connectivity index (χ1) is 19.3. The van der Waals surface area contributed by atoms with E-state index in [0.717, 1.165) is 51.6 Å². The molecule has 1 fully saturated rings. The van der Waals surface area contributed by atoms with Gasteiger partial charge in [0.25, 0.3) is 5.91 Å². The molecule has 1 aliphatic heterocycles. The van der Waals surface area contributed by atoms with Gasteiger partial charge in [0.15, 0.2) is 5.13 Å². The van der Waals surface area contributed by atoms with E-state index in [0.29, 0.717) is 18.7 Å². The Labute approximate surface area is 238 Å². The zero-order chi connectivity index (χ0) is 28.5. The Morgan fingerprint density at radius 2 is 1.75 bits per heavy atom. The molecule has 1 saturated heterocycles. The molecule has 1 N–H and O–H groups in total. The van der Waals surface area contributed by atoms with Crippen LogP contribution in [0.4, 0.5) is 5.13 Å². The molecule has 2 heterocycles. The van der Waals surface area contributed by atoms with Crippen LogP contribution < -0.4 is 15.0 Å². The first kappa shape index (κ1) is 29.2. The highest BCUT2D eigenvalue weighted by Gasteiger charge is 2.24. The summed E-state index contributed by atoms with van der Waals surface area (Å²) in [6.45, 7) is 4.60. The molecule has 0 unspecified atom stereocenters. The molecule has 210 valence electrons. The summed E-state index contributed by atoms with van der Waals surface area (Å²) >= 11 is 1.66. The lowest BCUT2D eigenvalue weighted by Gasteiger charge is -2.34. The minimum atomic E-state index is -3.88. The third-order valence-electron chi connectivity index (χ3n) is 6.64. The van der Waals surface area contributed by atoms with E-state index in [1.807, 2.05) is 30.3 Å². The van der Waals surface area contributed by atoms with Crippen molar-refractivity contribution in [2.24, 2.45) is 0 Å². The molecule has 0 atom stereocenters. The number of amides is 1. The summed E-state index contributed by atoms with van der Waals surface area (Å²) in [5.41, 5.74) is 1.32. The van der Waals surface area contributed by atoms with Gasteiger partial charge >= 0.3 is 0 Å². The number of anilines is 1. The van der Waals surface area contributed by atoms with Gasteiger partial charge in [0.05, 0.1) is 34.4 Å². The highest BCUT2D eigenvalue weighted by atomic mass is 32.2. The summed E-state index contributed by atoms with van der Waals surface area (Å²) in [5.74, 6) is 0.541. The average Bonchev–Trinajstić information content (AvgIpc) is 3.41. The summed E-state index contributed by atoms with van der Waals surface area (Å²) in [6, 6.07) is 15.5. The lowest BCUT2D eigenvalue weighted by Crippen LogP contribution is -2.48. The van der Waals surface area contributed by atoms with Gasteiger partial charge < -0.3 is 15.0 Å². The molecule has 2 aromatic carbocycles. The molecule has 1 amide bonds. The molecular weight excluding hydrogens is 550 g/mol. The Morgan fingerprint density at radius 3 is 2.38 bits per heavy atom. The van der Waals surface area contributed by atoms with Crippen molar-refractivity contribution in [3.63, 3.8) is 0 Å². The standard InChI is InChI=1S/C27H31N7O4S2/c1-38-22-6-9-24-25(20-22)39-27(31-24)33-18-16-32(17-19-33)15-12-30-26(35)21-4-7-23(8-5-21)40(36,37)34(13-2-10-28)14-3-11-29/h4-9,20H,2-3,12-19H2,1H3,(H,30,35). The smallest absolute Gasteiger partial charge is 0.251 e. The zero-order valence-corrected chi connectivity index (χ0v) is 23.9. The highest BCUT2D eigenvalue weighted by Crippen LogP contribution is 2.31. The van der Waals surface area contributed by atoms with Crippen LogP contribution in [-0.4, -0.2) is 88.0 Å². The molecule has 0 spiro atoms.